The minimum atomic E-state index is -0.639. The molecule has 19 heavy (non-hydrogen) atoms. The zero-order chi connectivity index (χ0) is 14.0. The van der Waals surface area contributed by atoms with E-state index in [1.54, 1.807) is 18.2 Å². The minimum Gasteiger partial charge on any atom is -0.376 e. The molecule has 0 atom stereocenters. The molecule has 0 heterocycles. The number of anilines is 1. The van der Waals surface area contributed by atoms with E-state index in [1.807, 2.05) is 0 Å². The average molecular weight is 411 g/mol. The zero-order valence-electron chi connectivity index (χ0n) is 9.48. The van der Waals surface area contributed by atoms with E-state index in [9.17, 15) is 8.78 Å². The highest BCUT2D eigenvalue weighted by molar-refractivity contribution is 9.10. The Morgan fingerprint density at radius 1 is 1.05 bits per heavy atom. The fourth-order valence-electron chi connectivity index (χ4n) is 1.55. The van der Waals surface area contributed by atoms with Gasteiger partial charge in [-0.05, 0) is 45.8 Å². The van der Waals surface area contributed by atoms with Gasteiger partial charge in [0.2, 0.25) is 0 Å². The first-order valence-electron chi connectivity index (χ1n) is 5.29. The Bertz CT molecular complexity index is 597. The van der Waals surface area contributed by atoms with Gasteiger partial charge < -0.3 is 5.32 Å². The molecule has 0 unspecified atom stereocenters. The van der Waals surface area contributed by atoms with Crippen molar-refractivity contribution < 1.29 is 8.78 Å². The Balaban J connectivity index is 2.16. The first-order valence-corrected chi connectivity index (χ1v) is 7.26. The molecule has 0 saturated carbocycles. The first kappa shape index (κ1) is 14.8. The van der Waals surface area contributed by atoms with Crippen LogP contribution in [-0.4, -0.2) is 0 Å². The molecule has 0 aliphatic carbocycles. The second kappa shape index (κ2) is 6.20. The Kier molecular flexibility index (Phi) is 4.81. The first-order chi connectivity index (χ1) is 8.97. The van der Waals surface area contributed by atoms with Crippen LogP contribution in [0.2, 0.25) is 5.02 Å². The molecule has 0 bridgehead atoms. The molecule has 100 valence electrons. The van der Waals surface area contributed by atoms with Crippen molar-refractivity contribution in [2.45, 2.75) is 6.54 Å². The largest absolute Gasteiger partial charge is 0.376 e. The lowest BCUT2D eigenvalue weighted by Crippen LogP contribution is -2.04. The van der Waals surface area contributed by atoms with Crippen molar-refractivity contribution in [2.75, 3.05) is 5.32 Å². The lowest BCUT2D eigenvalue weighted by Gasteiger charge is -2.10. The standard InChI is InChI=1S/C13H8Br2ClF2N/c14-8-4-11(17)13(12(18)5-8)19-6-7-1-2-10(16)9(15)3-7/h1-5,19H,6H2. The van der Waals surface area contributed by atoms with E-state index in [-0.39, 0.29) is 5.69 Å². The van der Waals surface area contributed by atoms with Crippen molar-refractivity contribution in [2.24, 2.45) is 0 Å². The normalized spacial score (nSPS) is 10.6. The SMILES string of the molecule is Fc1cc(Br)cc(F)c1NCc1ccc(Cl)c(Br)c1. The summed E-state index contributed by atoms with van der Waals surface area (Å²) in [6.45, 7) is 0.297. The quantitative estimate of drug-likeness (QED) is 0.678. The van der Waals surface area contributed by atoms with E-state index < -0.39 is 11.6 Å². The molecule has 1 nitrogen and oxygen atoms in total. The summed E-state index contributed by atoms with van der Waals surface area (Å²) in [4.78, 5) is 0. The summed E-state index contributed by atoms with van der Waals surface area (Å²) in [6.07, 6.45) is 0. The van der Waals surface area contributed by atoms with Crippen molar-refractivity contribution in [3.05, 3.63) is 61.5 Å². The van der Waals surface area contributed by atoms with Gasteiger partial charge in [-0.15, -0.1) is 0 Å². The van der Waals surface area contributed by atoms with Crippen LogP contribution in [0.4, 0.5) is 14.5 Å². The van der Waals surface area contributed by atoms with Crippen LogP contribution in [0.3, 0.4) is 0 Å². The van der Waals surface area contributed by atoms with Crippen LogP contribution >= 0.6 is 43.5 Å². The highest BCUT2D eigenvalue weighted by Gasteiger charge is 2.10. The lowest BCUT2D eigenvalue weighted by atomic mass is 10.2. The number of hydrogen-bond acceptors (Lipinski definition) is 1. The molecular weight excluding hydrogens is 403 g/mol. The van der Waals surface area contributed by atoms with Crippen molar-refractivity contribution in [3.8, 4) is 0 Å². The van der Waals surface area contributed by atoms with Crippen LogP contribution in [0, 0.1) is 11.6 Å². The van der Waals surface area contributed by atoms with Gasteiger partial charge in [0, 0.05) is 15.5 Å². The molecule has 0 radical (unpaired) electrons. The van der Waals surface area contributed by atoms with Crippen molar-refractivity contribution in [1.82, 2.24) is 0 Å². The number of benzene rings is 2. The summed E-state index contributed by atoms with van der Waals surface area (Å²) in [5, 5.41) is 3.32. The van der Waals surface area contributed by atoms with E-state index in [0.29, 0.717) is 16.0 Å². The van der Waals surface area contributed by atoms with Gasteiger partial charge in [0.15, 0.2) is 0 Å². The van der Waals surface area contributed by atoms with Crippen molar-refractivity contribution in [1.29, 1.82) is 0 Å². The van der Waals surface area contributed by atoms with Gasteiger partial charge in [0.05, 0.1) is 5.02 Å². The summed E-state index contributed by atoms with van der Waals surface area (Å²) < 4.78 is 28.3. The van der Waals surface area contributed by atoms with Crippen LogP contribution in [0.25, 0.3) is 0 Å². The molecule has 1 N–H and O–H groups in total. The minimum absolute atomic E-state index is 0.144. The molecule has 2 aromatic rings. The molecule has 2 aromatic carbocycles. The van der Waals surface area contributed by atoms with E-state index in [4.69, 9.17) is 11.6 Å². The van der Waals surface area contributed by atoms with E-state index >= 15 is 0 Å². The van der Waals surface area contributed by atoms with Crippen LogP contribution in [0.1, 0.15) is 5.56 Å². The summed E-state index contributed by atoms with van der Waals surface area (Å²) >= 11 is 12.2. The van der Waals surface area contributed by atoms with Crippen LogP contribution < -0.4 is 5.32 Å². The Morgan fingerprint density at radius 2 is 1.68 bits per heavy atom. The third-order valence-corrected chi connectivity index (χ3v) is 4.13. The molecule has 0 amide bonds. The van der Waals surface area contributed by atoms with Crippen molar-refractivity contribution in [3.63, 3.8) is 0 Å². The molecule has 0 saturated heterocycles. The van der Waals surface area contributed by atoms with Gasteiger partial charge in [-0.2, -0.15) is 0 Å². The predicted molar refractivity (Wildman–Crippen MR) is 80.5 cm³/mol. The molecule has 0 aliphatic heterocycles. The maximum absolute atomic E-state index is 13.6. The molecular formula is C13H8Br2ClF2N. The smallest absolute Gasteiger partial charge is 0.150 e. The van der Waals surface area contributed by atoms with Crippen LogP contribution in [-0.2, 0) is 6.54 Å². The highest BCUT2D eigenvalue weighted by Crippen LogP contribution is 2.26. The number of halogens is 5. The fourth-order valence-corrected chi connectivity index (χ4v) is 2.50. The van der Waals surface area contributed by atoms with Gasteiger partial charge in [-0.25, -0.2) is 8.78 Å². The Morgan fingerprint density at radius 3 is 2.26 bits per heavy atom. The summed E-state index contributed by atoms with van der Waals surface area (Å²) in [6, 6.07) is 7.72. The van der Waals surface area contributed by atoms with Crippen molar-refractivity contribution >= 4 is 49.1 Å². The lowest BCUT2D eigenvalue weighted by molar-refractivity contribution is 0.586. The number of nitrogens with one attached hydrogen (secondary N) is 1. The highest BCUT2D eigenvalue weighted by atomic mass is 79.9. The summed E-state index contributed by atoms with van der Waals surface area (Å²) in [7, 11) is 0. The molecule has 0 aromatic heterocycles. The number of hydrogen-bond donors (Lipinski definition) is 1. The Hall–Kier alpha value is -0.650. The predicted octanol–water partition coefficient (Wildman–Crippen LogP) is 5.76. The van der Waals surface area contributed by atoms with E-state index in [1.165, 1.54) is 12.1 Å². The number of rotatable bonds is 3. The van der Waals surface area contributed by atoms with E-state index in [0.717, 1.165) is 10.0 Å². The zero-order valence-corrected chi connectivity index (χ0v) is 13.4. The van der Waals surface area contributed by atoms with Gasteiger partial charge in [-0.3, -0.25) is 0 Å². The average Bonchev–Trinajstić information content (AvgIpc) is 2.32. The van der Waals surface area contributed by atoms with Crippen LogP contribution in [0.15, 0.2) is 39.3 Å². The topological polar surface area (TPSA) is 12.0 Å². The van der Waals surface area contributed by atoms with Gasteiger partial charge in [-0.1, -0.05) is 33.6 Å². The van der Waals surface area contributed by atoms with Gasteiger partial charge in [0.25, 0.3) is 0 Å². The monoisotopic (exact) mass is 409 g/mol. The third-order valence-electron chi connectivity index (χ3n) is 2.46. The summed E-state index contributed by atoms with van der Waals surface area (Å²) in [5.41, 5.74) is 0.715. The molecule has 0 spiro atoms. The molecule has 0 fully saturated rings. The van der Waals surface area contributed by atoms with Gasteiger partial charge >= 0.3 is 0 Å². The van der Waals surface area contributed by atoms with Gasteiger partial charge in [0.1, 0.15) is 17.3 Å². The summed E-state index contributed by atoms with van der Waals surface area (Å²) in [5.74, 6) is -1.28. The fraction of sp³-hybridized carbons (Fsp3) is 0.0769. The second-order valence-corrected chi connectivity index (χ2v) is 6.02. The molecule has 2 rings (SSSR count). The third kappa shape index (κ3) is 3.68. The van der Waals surface area contributed by atoms with E-state index in [2.05, 4.69) is 37.2 Å². The Labute approximate surface area is 131 Å². The second-order valence-electron chi connectivity index (χ2n) is 3.85. The maximum Gasteiger partial charge on any atom is 0.150 e. The van der Waals surface area contributed by atoms with Crippen LogP contribution in [0.5, 0.6) is 0 Å². The maximum atomic E-state index is 13.6. The molecule has 6 heteroatoms. The molecule has 0 aliphatic rings.